The highest BCUT2D eigenvalue weighted by molar-refractivity contribution is 5.96. The molecule has 1 saturated heterocycles. The van der Waals surface area contributed by atoms with E-state index in [2.05, 4.69) is 10.5 Å². The summed E-state index contributed by atoms with van der Waals surface area (Å²) in [5.41, 5.74) is 2.20. The summed E-state index contributed by atoms with van der Waals surface area (Å²) in [4.78, 5) is 12.5. The Bertz CT molecular complexity index is 664. The molecule has 1 amide bonds. The quantitative estimate of drug-likeness (QED) is 0.911. The summed E-state index contributed by atoms with van der Waals surface area (Å²) in [5, 5.41) is 6.88. The Kier molecular flexibility index (Phi) is 5.27. The van der Waals surface area contributed by atoms with Crippen molar-refractivity contribution < 1.29 is 18.8 Å². The third-order valence-electron chi connectivity index (χ3n) is 4.19. The van der Waals surface area contributed by atoms with Crippen LogP contribution in [0.4, 0.5) is 0 Å². The van der Waals surface area contributed by atoms with Gasteiger partial charge in [-0.1, -0.05) is 35.5 Å². The van der Waals surface area contributed by atoms with E-state index in [0.29, 0.717) is 43.3 Å². The van der Waals surface area contributed by atoms with Crippen LogP contribution in [-0.2, 0) is 16.1 Å². The molecule has 0 bridgehead atoms. The second kappa shape index (κ2) is 7.59. The predicted octanol–water partition coefficient (Wildman–Crippen LogP) is 2.40. The van der Waals surface area contributed by atoms with Crippen LogP contribution in [0.2, 0.25) is 0 Å². The first-order valence-electron chi connectivity index (χ1n) is 8.12. The Morgan fingerprint density at radius 2 is 2.12 bits per heavy atom. The molecule has 1 fully saturated rings. The zero-order chi connectivity index (χ0) is 16.9. The zero-order valence-electron chi connectivity index (χ0n) is 14.0. The number of carbonyl (C=O) groups is 1. The molecule has 0 unspecified atom stereocenters. The molecule has 1 aliphatic heterocycles. The van der Waals surface area contributed by atoms with Gasteiger partial charge in [0, 0.05) is 6.61 Å². The molecule has 128 valence electrons. The van der Waals surface area contributed by atoms with Gasteiger partial charge >= 0.3 is 0 Å². The van der Waals surface area contributed by atoms with E-state index in [1.807, 2.05) is 30.3 Å². The lowest BCUT2D eigenvalue weighted by molar-refractivity contribution is -0.0736. The van der Waals surface area contributed by atoms with E-state index < -0.39 is 0 Å². The maximum Gasteiger partial charge on any atom is 0.257 e. The number of hydrogen-bond acceptors (Lipinski definition) is 5. The molecule has 0 saturated carbocycles. The van der Waals surface area contributed by atoms with E-state index in [1.165, 1.54) is 0 Å². The van der Waals surface area contributed by atoms with Crippen molar-refractivity contribution in [2.75, 3.05) is 13.2 Å². The number of rotatable bonds is 5. The number of ether oxygens (including phenoxy) is 2. The van der Waals surface area contributed by atoms with Gasteiger partial charge in [-0.15, -0.1) is 0 Å². The minimum absolute atomic E-state index is 0.0938. The van der Waals surface area contributed by atoms with Crippen molar-refractivity contribution in [3.05, 3.63) is 52.9 Å². The minimum atomic E-state index is -0.177. The lowest BCUT2D eigenvalue weighted by Gasteiger charge is -2.32. The van der Waals surface area contributed by atoms with Gasteiger partial charge in [-0.2, -0.15) is 0 Å². The van der Waals surface area contributed by atoms with Crippen LogP contribution in [-0.4, -0.2) is 36.4 Å². The Labute approximate surface area is 141 Å². The minimum Gasteiger partial charge on any atom is -0.379 e. The van der Waals surface area contributed by atoms with E-state index in [0.717, 1.165) is 5.56 Å². The number of carbonyl (C=O) groups excluding carboxylic acids is 1. The van der Waals surface area contributed by atoms with Crippen molar-refractivity contribution in [2.24, 2.45) is 0 Å². The number of hydrogen-bond donors (Lipinski definition) is 1. The number of aryl methyl sites for hydroxylation is 2. The van der Waals surface area contributed by atoms with Crippen LogP contribution < -0.4 is 5.32 Å². The number of benzene rings is 1. The van der Waals surface area contributed by atoms with Gasteiger partial charge in [0.1, 0.15) is 17.4 Å². The first-order chi connectivity index (χ1) is 11.6. The molecular weight excluding hydrogens is 308 g/mol. The van der Waals surface area contributed by atoms with Gasteiger partial charge in [0.25, 0.3) is 5.91 Å². The average molecular weight is 330 g/mol. The largest absolute Gasteiger partial charge is 0.379 e. The summed E-state index contributed by atoms with van der Waals surface area (Å²) in [6.07, 6.45) is 0.539. The van der Waals surface area contributed by atoms with Crippen molar-refractivity contribution >= 4 is 5.91 Å². The Morgan fingerprint density at radius 3 is 2.83 bits per heavy atom. The van der Waals surface area contributed by atoms with Crippen LogP contribution in [0.3, 0.4) is 0 Å². The summed E-state index contributed by atoms with van der Waals surface area (Å²) in [6.45, 7) is 5.07. The number of nitrogens with one attached hydrogen (secondary N) is 1. The summed E-state index contributed by atoms with van der Waals surface area (Å²) in [5.74, 6) is 0.352. The van der Waals surface area contributed by atoms with Crippen molar-refractivity contribution in [1.82, 2.24) is 10.5 Å². The molecule has 1 aromatic carbocycles. The molecular formula is C18H22N2O4. The van der Waals surface area contributed by atoms with Crippen LogP contribution in [0, 0.1) is 13.8 Å². The highest BCUT2D eigenvalue weighted by Gasteiger charge is 2.30. The van der Waals surface area contributed by atoms with E-state index in [4.69, 9.17) is 14.0 Å². The van der Waals surface area contributed by atoms with E-state index in [9.17, 15) is 4.79 Å². The second-order valence-electron chi connectivity index (χ2n) is 5.98. The fourth-order valence-corrected chi connectivity index (χ4v) is 2.87. The summed E-state index contributed by atoms with van der Waals surface area (Å²) < 4.78 is 16.6. The molecule has 1 aromatic heterocycles. The van der Waals surface area contributed by atoms with Gasteiger partial charge in [-0.3, -0.25) is 4.79 Å². The Hall–Kier alpha value is -2.18. The first-order valence-corrected chi connectivity index (χ1v) is 8.12. The summed E-state index contributed by atoms with van der Waals surface area (Å²) >= 11 is 0. The van der Waals surface area contributed by atoms with E-state index in [-0.39, 0.29) is 18.1 Å². The number of nitrogens with zero attached hydrogens (tertiary/aromatic N) is 1. The average Bonchev–Trinajstić information content (AvgIpc) is 2.93. The molecule has 0 spiro atoms. The molecule has 1 aliphatic rings. The van der Waals surface area contributed by atoms with Crippen molar-refractivity contribution in [3.8, 4) is 0 Å². The third-order valence-corrected chi connectivity index (χ3v) is 4.19. The molecule has 6 heteroatoms. The molecule has 2 atom stereocenters. The summed E-state index contributed by atoms with van der Waals surface area (Å²) in [7, 11) is 0. The van der Waals surface area contributed by atoms with Crippen LogP contribution in [0.5, 0.6) is 0 Å². The maximum absolute atomic E-state index is 12.5. The monoisotopic (exact) mass is 330 g/mol. The lowest BCUT2D eigenvalue weighted by atomic mass is 10.0. The van der Waals surface area contributed by atoms with Gasteiger partial charge in [-0.25, -0.2) is 0 Å². The molecule has 3 rings (SSSR count). The second-order valence-corrected chi connectivity index (χ2v) is 5.98. The standard InChI is InChI=1S/C18H22N2O4/c1-12-17(13(2)24-20-12)18(21)19-15-8-9-22-11-16(15)23-10-14-6-4-3-5-7-14/h3-7,15-16H,8-11H2,1-2H3,(H,19,21)/t15-,16-/m0/s1. The molecule has 1 N–H and O–H groups in total. The molecule has 6 nitrogen and oxygen atoms in total. The molecule has 0 aliphatic carbocycles. The fourth-order valence-electron chi connectivity index (χ4n) is 2.87. The van der Waals surface area contributed by atoms with Gasteiger partial charge in [0.05, 0.1) is 24.9 Å². The highest BCUT2D eigenvalue weighted by Crippen LogP contribution is 2.17. The van der Waals surface area contributed by atoms with Crippen molar-refractivity contribution in [1.29, 1.82) is 0 Å². The van der Waals surface area contributed by atoms with Crippen LogP contribution >= 0.6 is 0 Å². The molecule has 24 heavy (non-hydrogen) atoms. The van der Waals surface area contributed by atoms with Gasteiger partial charge in [0.2, 0.25) is 0 Å². The molecule has 2 aromatic rings. The highest BCUT2D eigenvalue weighted by atomic mass is 16.5. The molecule has 0 radical (unpaired) electrons. The third kappa shape index (κ3) is 3.83. The topological polar surface area (TPSA) is 73.6 Å². The summed E-state index contributed by atoms with van der Waals surface area (Å²) in [6, 6.07) is 9.87. The van der Waals surface area contributed by atoms with Gasteiger partial charge < -0.3 is 19.3 Å². The number of amides is 1. The van der Waals surface area contributed by atoms with Gasteiger partial charge in [-0.05, 0) is 25.8 Å². The number of aromatic nitrogens is 1. The van der Waals surface area contributed by atoms with Gasteiger partial charge in [0.15, 0.2) is 0 Å². The molecule has 2 heterocycles. The Morgan fingerprint density at radius 1 is 1.33 bits per heavy atom. The fraction of sp³-hybridized carbons (Fsp3) is 0.444. The van der Waals surface area contributed by atoms with Crippen molar-refractivity contribution in [2.45, 2.75) is 39.0 Å². The normalized spacial score (nSPS) is 20.8. The Balaban J connectivity index is 1.63. The smallest absolute Gasteiger partial charge is 0.257 e. The SMILES string of the molecule is Cc1noc(C)c1C(=O)N[C@H]1CCOC[C@@H]1OCc1ccccc1. The lowest BCUT2D eigenvalue weighted by Crippen LogP contribution is -2.50. The van der Waals surface area contributed by atoms with Crippen LogP contribution in [0.1, 0.15) is 33.8 Å². The first kappa shape index (κ1) is 16.7. The maximum atomic E-state index is 12.5. The zero-order valence-corrected chi connectivity index (χ0v) is 14.0. The predicted molar refractivity (Wildman–Crippen MR) is 87.7 cm³/mol. The van der Waals surface area contributed by atoms with Crippen LogP contribution in [0.15, 0.2) is 34.9 Å². The van der Waals surface area contributed by atoms with Crippen molar-refractivity contribution in [3.63, 3.8) is 0 Å². The van der Waals surface area contributed by atoms with E-state index in [1.54, 1.807) is 13.8 Å². The van der Waals surface area contributed by atoms with E-state index >= 15 is 0 Å². The van der Waals surface area contributed by atoms with Crippen LogP contribution in [0.25, 0.3) is 0 Å².